The highest BCUT2D eigenvalue weighted by Gasteiger charge is 2.23. The first-order valence-electron chi connectivity index (χ1n) is 6.38. The molecular weight excluding hydrogens is 420 g/mol. The van der Waals surface area contributed by atoms with Crippen LogP contribution in [-0.2, 0) is 20.0 Å². The smallest absolute Gasteiger partial charge is 0.338 e. The van der Waals surface area contributed by atoms with E-state index >= 15 is 0 Å². The molecule has 5 N–H and O–H groups in total. The first-order chi connectivity index (χ1) is 12.2. The number of carbonyl (C=O) groups is 1. The summed E-state index contributed by atoms with van der Waals surface area (Å²) in [6.07, 6.45) is 0. The van der Waals surface area contributed by atoms with Crippen LogP contribution in [0.4, 0.5) is 17.6 Å². The van der Waals surface area contributed by atoms with Crippen LogP contribution in [0.2, 0.25) is 0 Å². The van der Waals surface area contributed by atoms with E-state index in [9.17, 15) is 39.2 Å². The monoisotopic (exact) mass is 430 g/mol. The topological polar surface area (TPSA) is 158 Å². The predicted molar refractivity (Wildman–Crippen MR) is 82.4 cm³/mol. The largest absolute Gasteiger partial charge is 0.478 e. The van der Waals surface area contributed by atoms with Crippen LogP contribution in [0, 0.1) is 23.3 Å². The molecule has 27 heavy (non-hydrogen) atoms. The van der Waals surface area contributed by atoms with Crippen molar-refractivity contribution in [3.8, 4) is 0 Å². The normalized spacial score (nSPS) is 11.5. The van der Waals surface area contributed by atoms with Gasteiger partial charge in [-0.3, -0.25) is 0 Å². The SMILES string of the molecule is NS(=O)(=O)c1ccc(C(=O)O)c(F)c1F.NS(=O)(=O)c1cccc(F)c1F. The highest BCUT2D eigenvalue weighted by Crippen LogP contribution is 2.19. The minimum Gasteiger partial charge on any atom is -0.478 e. The summed E-state index contributed by atoms with van der Waals surface area (Å²) in [5.41, 5.74) is -0.958. The van der Waals surface area contributed by atoms with Crippen molar-refractivity contribution in [3.05, 3.63) is 59.2 Å². The molecule has 0 bridgehead atoms. The van der Waals surface area contributed by atoms with E-state index in [0.29, 0.717) is 12.1 Å². The second-order valence-electron chi connectivity index (χ2n) is 4.69. The van der Waals surface area contributed by atoms with Crippen LogP contribution in [0.3, 0.4) is 0 Å². The third-order valence-corrected chi connectivity index (χ3v) is 4.66. The number of rotatable bonds is 3. The number of benzene rings is 2. The molecule has 0 saturated heterocycles. The van der Waals surface area contributed by atoms with E-state index in [1.54, 1.807) is 0 Å². The van der Waals surface area contributed by atoms with Crippen molar-refractivity contribution in [2.24, 2.45) is 10.3 Å². The van der Waals surface area contributed by atoms with Crippen LogP contribution < -0.4 is 10.3 Å². The van der Waals surface area contributed by atoms with Crippen LogP contribution >= 0.6 is 0 Å². The molecule has 0 aliphatic rings. The number of aromatic carboxylic acids is 1. The Morgan fingerprint density at radius 3 is 1.67 bits per heavy atom. The molecule has 0 aromatic heterocycles. The number of nitrogens with two attached hydrogens (primary N) is 2. The van der Waals surface area contributed by atoms with Gasteiger partial charge in [0.2, 0.25) is 20.0 Å². The Labute approximate surface area is 150 Å². The first kappa shape index (κ1) is 22.5. The summed E-state index contributed by atoms with van der Waals surface area (Å²) in [6, 6.07) is 3.99. The zero-order valence-corrected chi connectivity index (χ0v) is 14.5. The van der Waals surface area contributed by atoms with E-state index in [1.165, 1.54) is 0 Å². The number of sulfonamides is 2. The fourth-order valence-electron chi connectivity index (χ4n) is 1.62. The minimum atomic E-state index is -4.41. The molecule has 0 spiro atoms. The summed E-state index contributed by atoms with van der Waals surface area (Å²) in [7, 11) is -8.58. The van der Waals surface area contributed by atoms with E-state index in [2.05, 4.69) is 10.3 Å². The molecule has 0 radical (unpaired) electrons. The highest BCUT2D eigenvalue weighted by molar-refractivity contribution is 7.89. The average molecular weight is 430 g/mol. The van der Waals surface area contributed by atoms with E-state index in [-0.39, 0.29) is 0 Å². The Bertz CT molecular complexity index is 1100. The lowest BCUT2D eigenvalue weighted by atomic mass is 10.2. The van der Waals surface area contributed by atoms with Crippen molar-refractivity contribution < 1.29 is 44.3 Å². The van der Waals surface area contributed by atoms with Gasteiger partial charge in [-0.15, -0.1) is 0 Å². The molecule has 0 aliphatic heterocycles. The Balaban J connectivity index is 0.000000277. The van der Waals surface area contributed by atoms with E-state index in [1.807, 2.05) is 0 Å². The average Bonchev–Trinajstić information content (AvgIpc) is 2.50. The van der Waals surface area contributed by atoms with Crippen molar-refractivity contribution in [1.29, 1.82) is 0 Å². The van der Waals surface area contributed by atoms with Crippen LogP contribution in [0.25, 0.3) is 0 Å². The van der Waals surface area contributed by atoms with Gasteiger partial charge >= 0.3 is 5.97 Å². The maximum absolute atomic E-state index is 13.0. The number of hydrogen-bond acceptors (Lipinski definition) is 5. The lowest BCUT2D eigenvalue weighted by Crippen LogP contribution is -2.16. The van der Waals surface area contributed by atoms with Gasteiger partial charge in [0.15, 0.2) is 23.3 Å². The maximum Gasteiger partial charge on any atom is 0.338 e. The number of carboxylic acids is 1. The van der Waals surface area contributed by atoms with Crippen molar-refractivity contribution in [3.63, 3.8) is 0 Å². The van der Waals surface area contributed by atoms with Crippen molar-refractivity contribution in [2.75, 3.05) is 0 Å². The number of carboxylic acid groups (broad SMARTS) is 1. The molecule has 0 fully saturated rings. The summed E-state index contributed by atoms with van der Waals surface area (Å²) in [5, 5.41) is 17.6. The van der Waals surface area contributed by atoms with Crippen LogP contribution in [0.5, 0.6) is 0 Å². The Hall–Kier alpha value is -2.55. The van der Waals surface area contributed by atoms with Gasteiger partial charge in [-0.25, -0.2) is 49.5 Å². The fraction of sp³-hybridized carbons (Fsp3) is 0. The van der Waals surface area contributed by atoms with Crippen molar-refractivity contribution in [1.82, 2.24) is 0 Å². The minimum absolute atomic E-state index is 0.594. The summed E-state index contributed by atoms with van der Waals surface area (Å²) in [4.78, 5) is 8.44. The molecular formula is C13H10F4N2O6S2. The Morgan fingerprint density at radius 1 is 0.778 bits per heavy atom. The van der Waals surface area contributed by atoms with Crippen LogP contribution in [-0.4, -0.2) is 27.9 Å². The standard InChI is InChI=1S/C7H5F2NO4S.C6H5F2NO2S/c8-5-3(7(11)12)1-2-4(6(5)9)15(10,13)14;7-4-2-1-3-5(6(4)8)12(9,10)11/h1-2H,(H,11,12)(H2,10,13,14);1-3H,(H2,9,10,11). The summed E-state index contributed by atoms with van der Waals surface area (Å²) < 4.78 is 93.6. The number of halogens is 4. The van der Waals surface area contributed by atoms with Crippen LogP contribution in [0.15, 0.2) is 40.1 Å². The molecule has 2 aromatic carbocycles. The third-order valence-electron chi connectivity index (χ3n) is 2.81. The molecule has 148 valence electrons. The quantitative estimate of drug-likeness (QED) is 0.615. The number of primary sulfonamides is 2. The summed E-state index contributed by atoms with van der Waals surface area (Å²) >= 11 is 0. The van der Waals surface area contributed by atoms with Gasteiger partial charge < -0.3 is 5.11 Å². The second kappa shape index (κ2) is 7.99. The zero-order chi connectivity index (χ0) is 21.2. The molecule has 0 amide bonds. The Kier molecular flexibility index (Phi) is 6.66. The zero-order valence-electron chi connectivity index (χ0n) is 12.9. The molecule has 2 aromatic rings. The fourth-order valence-corrected chi connectivity index (χ4v) is 2.83. The molecule has 2 rings (SSSR count). The van der Waals surface area contributed by atoms with Crippen molar-refractivity contribution in [2.45, 2.75) is 9.79 Å². The van der Waals surface area contributed by atoms with Gasteiger partial charge in [-0.2, -0.15) is 0 Å². The summed E-state index contributed by atoms with van der Waals surface area (Å²) in [6.45, 7) is 0. The van der Waals surface area contributed by atoms with Gasteiger partial charge in [0.1, 0.15) is 9.79 Å². The third kappa shape index (κ3) is 5.46. The van der Waals surface area contributed by atoms with Crippen molar-refractivity contribution >= 4 is 26.0 Å². The molecule has 0 unspecified atom stereocenters. The lowest BCUT2D eigenvalue weighted by molar-refractivity contribution is 0.0690. The molecule has 14 heteroatoms. The lowest BCUT2D eigenvalue weighted by Gasteiger charge is -2.03. The van der Waals surface area contributed by atoms with E-state index in [4.69, 9.17) is 5.11 Å². The van der Waals surface area contributed by atoms with E-state index < -0.39 is 64.6 Å². The van der Waals surface area contributed by atoms with Gasteiger partial charge in [0.25, 0.3) is 0 Å². The molecule has 8 nitrogen and oxygen atoms in total. The molecule has 0 atom stereocenters. The van der Waals surface area contributed by atoms with E-state index in [0.717, 1.165) is 18.2 Å². The Morgan fingerprint density at radius 2 is 1.26 bits per heavy atom. The van der Waals surface area contributed by atoms with Gasteiger partial charge in [0, 0.05) is 0 Å². The molecule has 0 heterocycles. The highest BCUT2D eigenvalue weighted by atomic mass is 32.2. The maximum atomic E-state index is 13.0. The van der Waals surface area contributed by atoms with Crippen LogP contribution in [0.1, 0.15) is 10.4 Å². The van der Waals surface area contributed by atoms with Gasteiger partial charge in [-0.1, -0.05) is 6.07 Å². The first-order valence-corrected chi connectivity index (χ1v) is 9.48. The van der Waals surface area contributed by atoms with Gasteiger partial charge in [0.05, 0.1) is 5.56 Å². The molecule has 0 saturated carbocycles. The predicted octanol–water partition coefficient (Wildman–Crippen LogP) is 0.923. The second-order valence-corrected chi connectivity index (χ2v) is 7.75. The van der Waals surface area contributed by atoms with Gasteiger partial charge in [-0.05, 0) is 24.3 Å². The number of hydrogen-bond donors (Lipinski definition) is 3. The summed E-state index contributed by atoms with van der Waals surface area (Å²) in [5.74, 6) is -7.93. The molecule has 0 aliphatic carbocycles.